The quantitative estimate of drug-likeness (QED) is 0.364. The molecule has 44 valence electrons. The van der Waals surface area contributed by atoms with Crippen molar-refractivity contribution in [2.75, 3.05) is 6.73 Å². The molecule has 0 bridgehead atoms. The van der Waals surface area contributed by atoms with E-state index < -0.39 is 16.9 Å². The number of hydrogen-bond acceptors (Lipinski definition) is 3. The maximum atomic E-state index is 9.74. The Labute approximate surface area is 41.3 Å². The minimum Gasteiger partial charge on any atom is -0.380 e. The van der Waals surface area contributed by atoms with Crippen LogP contribution in [0.2, 0.25) is 0 Å². The Balaban J connectivity index is 3.60. The summed E-state index contributed by atoms with van der Waals surface area (Å²) >= 11 is 0. The molecule has 0 unspecified atom stereocenters. The molecule has 0 aliphatic carbocycles. The highest BCUT2D eigenvalue weighted by molar-refractivity contribution is 7.87. The fourth-order valence-corrected chi connectivity index (χ4v) is 0.270. The number of aliphatic hydroxyl groups excluding tert-OH is 1. The molecule has 0 spiro atoms. The highest BCUT2D eigenvalue weighted by atomic mass is 32.2. The van der Waals surface area contributed by atoms with E-state index in [1.807, 2.05) is 0 Å². The molecule has 0 fully saturated rings. The molecule has 0 radical (unpaired) electrons. The smallest absolute Gasteiger partial charge is 0.276 e. The van der Waals surface area contributed by atoms with Crippen molar-refractivity contribution in [2.45, 2.75) is 0 Å². The number of nitrogens with two attached hydrogens (primary N) is 1. The molecule has 0 aromatic heterocycles. The molecule has 0 rings (SSSR count). The minimum atomic E-state index is -3.67. The third kappa shape index (κ3) is 5.83. The van der Waals surface area contributed by atoms with Gasteiger partial charge in [0.2, 0.25) is 0 Å². The lowest BCUT2D eigenvalue weighted by molar-refractivity contribution is 0.288. The van der Waals surface area contributed by atoms with Gasteiger partial charge in [0, 0.05) is 0 Å². The lowest BCUT2D eigenvalue weighted by Gasteiger charge is -1.91. The standard InChI is InChI=1S/CH6N2O3S/c2-7(5,6)3-1-4/h3-4H,1H2,(H2,2,5,6). The Hall–Kier alpha value is -0.170. The number of aliphatic hydroxyl groups is 1. The van der Waals surface area contributed by atoms with Crippen LogP contribution >= 0.6 is 0 Å². The van der Waals surface area contributed by atoms with Crippen LogP contribution in [0, 0.1) is 0 Å². The van der Waals surface area contributed by atoms with Gasteiger partial charge in [-0.25, -0.2) is 5.14 Å². The van der Waals surface area contributed by atoms with Gasteiger partial charge in [0.1, 0.15) is 6.73 Å². The van der Waals surface area contributed by atoms with Gasteiger partial charge in [-0.1, -0.05) is 0 Å². The Morgan fingerprint density at radius 1 is 1.71 bits per heavy atom. The summed E-state index contributed by atoms with van der Waals surface area (Å²) in [5.41, 5.74) is 0. The molecule has 0 aromatic rings. The molecule has 0 saturated heterocycles. The van der Waals surface area contributed by atoms with Gasteiger partial charge in [-0.05, 0) is 0 Å². The SMILES string of the molecule is NS(=O)(=O)NCO. The van der Waals surface area contributed by atoms with Crippen LogP contribution in [0.1, 0.15) is 0 Å². The molecule has 0 aromatic carbocycles. The van der Waals surface area contributed by atoms with E-state index in [0.717, 1.165) is 0 Å². The summed E-state index contributed by atoms with van der Waals surface area (Å²) in [7, 11) is -3.67. The third-order valence-corrected chi connectivity index (χ3v) is 0.797. The largest absolute Gasteiger partial charge is 0.380 e. The maximum Gasteiger partial charge on any atom is 0.276 e. The summed E-state index contributed by atoms with van der Waals surface area (Å²) < 4.78 is 21.1. The van der Waals surface area contributed by atoms with Crippen molar-refractivity contribution in [3.8, 4) is 0 Å². The van der Waals surface area contributed by atoms with Gasteiger partial charge in [0.15, 0.2) is 0 Å². The number of rotatable bonds is 2. The first-order valence-electron chi connectivity index (χ1n) is 1.44. The molecule has 5 nitrogen and oxygen atoms in total. The Morgan fingerprint density at radius 3 is 2.14 bits per heavy atom. The van der Waals surface area contributed by atoms with E-state index in [1.54, 1.807) is 4.72 Å². The Kier molecular flexibility index (Phi) is 2.16. The highest BCUT2D eigenvalue weighted by Gasteiger charge is 1.93. The van der Waals surface area contributed by atoms with Crippen molar-refractivity contribution in [2.24, 2.45) is 5.14 Å². The minimum absolute atomic E-state index is 0.654. The van der Waals surface area contributed by atoms with Gasteiger partial charge >= 0.3 is 0 Å². The molecule has 7 heavy (non-hydrogen) atoms. The van der Waals surface area contributed by atoms with E-state index in [1.165, 1.54) is 0 Å². The van der Waals surface area contributed by atoms with Crippen molar-refractivity contribution in [1.82, 2.24) is 4.72 Å². The van der Waals surface area contributed by atoms with Crippen LogP contribution in [0.15, 0.2) is 0 Å². The van der Waals surface area contributed by atoms with E-state index in [-0.39, 0.29) is 0 Å². The zero-order valence-corrected chi connectivity index (χ0v) is 4.27. The van der Waals surface area contributed by atoms with Gasteiger partial charge in [0.25, 0.3) is 10.2 Å². The van der Waals surface area contributed by atoms with Crippen molar-refractivity contribution >= 4 is 10.2 Å². The van der Waals surface area contributed by atoms with Crippen LogP contribution in [0.3, 0.4) is 0 Å². The summed E-state index contributed by atoms with van der Waals surface area (Å²) in [4.78, 5) is 0. The zero-order chi connectivity index (χ0) is 5.91. The predicted molar refractivity (Wildman–Crippen MR) is 23.3 cm³/mol. The topological polar surface area (TPSA) is 92.4 Å². The zero-order valence-electron chi connectivity index (χ0n) is 3.46. The molecule has 0 amide bonds. The van der Waals surface area contributed by atoms with Crippen molar-refractivity contribution in [1.29, 1.82) is 0 Å². The second-order valence-electron chi connectivity index (χ2n) is 0.847. The van der Waals surface area contributed by atoms with Gasteiger partial charge in [-0.3, -0.25) is 0 Å². The van der Waals surface area contributed by atoms with Crippen LogP contribution in [0.25, 0.3) is 0 Å². The summed E-state index contributed by atoms with van der Waals surface area (Å²) in [6.07, 6.45) is 0. The average molecular weight is 126 g/mol. The number of hydrogen-bond donors (Lipinski definition) is 3. The normalized spacial score (nSPS) is 11.7. The first kappa shape index (κ1) is 6.83. The van der Waals surface area contributed by atoms with Gasteiger partial charge in [-0.15, -0.1) is 0 Å². The molecular weight excluding hydrogens is 120 g/mol. The molecule has 0 saturated carbocycles. The summed E-state index contributed by atoms with van der Waals surface area (Å²) in [5, 5.41) is 12.2. The van der Waals surface area contributed by atoms with Crippen LogP contribution in [0.5, 0.6) is 0 Å². The van der Waals surface area contributed by atoms with Crippen LogP contribution < -0.4 is 9.86 Å². The van der Waals surface area contributed by atoms with Crippen molar-refractivity contribution in [3.63, 3.8) is 0 Å². The first-order chi connectivity index (χ1) is 3.06. The number of nitrogens with one attached hydrogen (secondary N) is 1. The molecule has 0 atom stereocenters. The first-order valence-corrected chi connectivity index (χ1v) is 2.99. The summed E-state index contributed by atoms with van der Waals surface area (Å²) in [5.74, 6) is 0. The Bertz CT molecular complexity index is 126. The Morgan fingerprint density at radius 2 is 2.14 bits per heavy atom. The second kappa shape index (κ2) is 2.22. The fourth-order valence-electron chi connectivity index (χ4n) is 0.0900. The molecule has 0 aliphatic rings. The fraction of sp³-hybridized carbons (Fsp3) is 1.00. The van der Waals surface area contributed by atoms with E-state index in [0.29, 0.717) is 0 Å². The van der Waals surface area contributed by atoms with Gasteiger partial charge in [-0.2, -0.15) is 13.1 Å². The summed E-state index contributed by atoms with van der Waals surface area (Å²) in [6.45, 7) is -0.654. The predicted octanol–water partition coefficient (Wildman–Crippen LogP) is -2.27. The van der Waals surface area contributed by atoms with Gasteiger partial charge in [0.05, 0.1) is 0 Å². The lowest BCUT2D eigenvalue weighted by atomic mass is 11.4. The second-order valence-corrected chi connectivity index (χ2v) is 2.23. The molecule has 4 N–H and O–H groups in total. The third-order valence-electron chi connectivity index (χ3n) is 0.266. The van der Waals surface area contributed by atoms with E-state index in [4.69, 9.17) is 5.11 Å². The van der Waals surface area contributed by atoms with Crippen LogP contribution in [0.4, 0.5) is 0 Å². The van der Waals surface area contributed by atoms with Crippen molar-refractivity contribution < 1.29 is 13.5 Å². The summed E-state index contributed by atoms with van der Waals surface area (Å²) in [6, 6.07) is 0. The maximum absolute atomic E-state index is 9.74. The van der Waals surface area contributed by atoms with Gasteiger partial charge < -0.3 is 5.11 Å². The molecule has 0 heterocycles. The van der Waals surface area contributed by atoms with E-state index in [2.05, 4.69) is 5.14 Å². The monoisotopic (exact) mass is 126 g/mol. The van der Waals surface area contributed by atoms with E-state index >= 15 is 0 Å². The average Bonchev–Trinajstić information content (AvgIpc) is 1.30. The molecule has 6 heteroatoms. The molecule has 0 aliphatic heterocycles. The van der Waals surface area contributed by atoms with Crippen LogP contribution in [-0.4, -0.2) is 20.3 Å². The van der Waals surface area contributed by atoms with Crippen molar-refractivity contribution in [3.05, 3.63) is 0 Å². The highest BCUT2D eigenvalue weighted by Crippen LogP contribution is 1.58. The van der Waals surface area contributed by atoms with Crippen LogP contribution in [-0.2, 0) is 10.2 Å². The van der Waals surface area contributed by atoms with E-state index in [9.17, 15) is 8.42 Å². The molecular formula is CH6N2O3S. The lowest BCUT2D eigenvalue weighted by Crippen LogP contribution is -2.31.